The summed E-state index contributed by atoms with van der Waals surface area (Å²) in [5.74, 6) is -2.45. The SMILES string of the molecule is COC(=O)CCc1ccc2c(-c3c(OS(=O)(=O)C(F)(F)F)ccc4ccccc34)c(OS(=O)(=O)C(F)(F)F)ccc2c1. The molecule has 0 unspecified atom stereocenters. The van der Waals surface area contributed by atoms with Gasteiger partial charge in [-0.25, -0.2) is 0 Å². The first-order chi connectivity index (χ1) is 19.4. The van der Waals surface area contributed by atoms with Crippen molar-refractivity contribution >= 4 is 47.8 Å². The van der Waals surface area contributed by atoms with E-state index in [0.717, 1.165) is 12.1 Å². The molecule has 0 fully saturated rings. The van der Waals surface area contributed by atoms with Crippen molar-refractivity contribution in [2.24, 2.45) is 0 Å². The molecule has 16 heteroatoms. The van der Waals surface area contributed by atoms with Gasteiger partial charge in [-0.3, -0.25) is 4.79 Å². The Morgan fingerprint density at radius 2 is 1.19 bits per heavy atom. The van der Waals surface area contributed by atoms with Gasteiger partial charge < -0.3 is 13.1 Å². The number of ether oxygens (including phenoxy) is 1. The van der Waals surface area contributed by atoms with Crippen molar-refractivity contribution in [2.45, 2.75) is 23.9 Å². The first-order valence-electron chi connectivity index (χ1n) is 11.6. The van der Waals surface area contributed by atoms with E-state index in [1.165, 1.54) is 61.7 Å². The summed E-state index contributed by atoms with van der Waals surface area (Å²) in [7, 11) is -11.4. The molecule has 4 aromatic rings. The Bertz CT molecular complexity index is 1900. The predicted molar refractivity (Wildman–Crippen MR) is 138 cm³/mol. The number of aryl methyl sites for hydroxylation is 1. The lowest BCUT2D eigenvalue weighted by Gasteiger charge is -2.20. The number of hydrogen-bond donors (Lipinski definition) is 0. The van der Waals surface area contributed by atoms with Gasteiger partial charge in [0.15, 0.2) is 11.5 Å². The second-order valence-corrected chi connectivity index (χ2v) is 11.8. The maximum atomic E-state index is 13.3. The second-order valence-electron chi connectivity index (χ2n) is 8.70. The van der Waals surface area contributed by atoms with Gasteiger partial charge in [0.25, 0.3) is 0 Å². The van der Waals surface area contributed by atoms with Crippen LogP contribution in [0.5, 0.6) is 11.5 Å². The molecule has 0 saturated heterocycles. The molecule has 0 aromatic heterocycles. The van der Waals surface area contributed by atoms with Gasteiger partial charge in [0.2, 0.25) is 0 Å². The lowest BCUT2D eigenvalue weighted by Crippen LogP contribution is -2.28. The highest BCUT2D eigenvalue weighted by molar-refractivity contribution is 7.88. The molecule has 42 heavy (non-hydrogen) atoms. The van der Waals surface area contributed by atoms with Crippen LogP contribution in [0.2, 0.25) is 0 Å². The molecular weight excluding hydrogens is 618 g/mol. The predicted octanol–water partition coefficient (Wildman–Crippen LogP) is 6.22. The second kappa shape index (κ2) is 11.0. The Kier molecular flexibility index (Phi) is 8.08. The summed E-state index contributed by atoms with van der Waals surface area (Å²) in [6, 6.07) is 14.1. The number of methoxy groups -OCH3 is 1. The average Bonchev–Trinajstić information content (AvgIpc) is 2.90. The van der Waals surface area contributed by atoms with E-state index in [2.05, 4.69) is 13.1 Å². The van der Waals surface area contributed by atoms with Crippen molar-refractivity contribution in [3.05, 3.63) is 72.3 Å². The van der Waals surface area contributed by atoms with E-state index >= 15 is 0 Å². The van der Waals surface area contributed by atoms with E-state index < -0.39 is 59.8 Å². The van der Waals surface area contributed by atoms with Crippen molar-refractivity contribution in [2.75, 3.05) is 7.11 Å². The smallest absolute Gasteiger partial charge is 0.469 e. The molecule has 0 spiro atoms. The van der Waals surface area contributed by atoms with Crippen LogP contribution in [-0.4, -0.2) is 40.9 Å². The molecule has 0 bridgehead atoms. The number of hydrogen-bond acceptors (Lipinski definition) is 8. The van der Waals surface area contributed by atoms with Crippen LogP contribution >= 0.6 is 0 Å². The van der Waals surface area contributed by atoms with E-state index in [-0.39, 0.29) is 29.0 Å². The molecule has 4 aromatic carbocycles. The summed E-state index contributed by atoms with van der Waals surface area (Å²) in [6.07, 6.45) is 0.140. The maximum absolute atomic E-state index is 13.3. The minimum atomic E-state index is -6.29. The lowest BCUT2D eigenvalue weighted by atomic mass is 9.91. The number of carbonyl (C=O) groups is 1. The van der Waals surface area contributed by atoms with Crippen LogP contribution in [0.1, 0.15) is 12.0 Å². The van der Waals surface area contributed by atoms with Gasteiger partial charge in [-0.2, -0.15) is 43.2 Å². The highest BCUT2D eigenvalue weighted by atomic mass is 32.2. The molecule has 0 aliphatic heterocycles. The number of benzene rings is 4. The number of carbonyl (C=O) groups excluding carboxylic acids is 1. The number of rotatable bonds is 8. The third-order valence-corrected chi connectivity index (χ3v) is 7.93. The van der Waals surface area contributed by atoms with Crippen LogP contribution in [-0.2, 0) is 36.2 Å². The lowest BCUT2D eigenvalue weighted by molar-refractivity contribution is -0.140. The molecule has 0 aliphatic carbocycles. The number of alkyl halides is 6. The summed E-state index contributed by atoms with van der Waals surface area (Å²) in [5.41, 5.74) is -12.2. The van der Waals surface area contributed by atoms with E-state index in [9.17, 15) is 48.0 Å². The Hall–Kier alpha value is -4.05. The quantitative estimate of drug-likeness (QED) is 0.0970. The van der Waals surface area contributed by atoms with E-state index in [4.69, 9.17) is 0 Å². The number of esters is 1. The molecule has 4 rings (SSSR count). The van der Waals surface area contributed by atoms with Gasteiger partial charge in [-0.15, -0.1) is 0 Å². The summed E-state index contributed by atoms with van der Waals surface area (Å²) < 4.78 is 141. The first-order valence-corrected chi connectivity index (χ1v) is 14.4. The largest absolute Gasteiger partial charge is 0.534 e. The fourth-order valence-corrected chi connectivity index (χ4v) is 5.04. The van der Waals surface area contributed by atoms with Crippen LogP contribution in [0, 0.1) is 0 Å². The van der Waals surface area contributed by atoms with E-state index in [0.29, 0.717) is 10.9 Å². The third kappa shape index (κ3) is 6.09. The zero-order chi connectivity index (χ0) is 31.1. The normalized spacial score (nSPS) is 12.8. The van der Waals surface area contributed by atoms with E-state index in [1.54, 1.807) is 0 Å². The van der Waals surface area contributed by atoms with Gasteiger partial charge in [-0.05, 0) is 45.7 Å². The Labute approximate surface area is 234 Å². The van der Waals surface area contributed by atoms with Crippen molar-refractivity contribution in [3.63, 3.8) is 0 Å². The zero-order valence-electron chi connectivity index (χ0n) is 21.1. The number of halogens is 6. The van der Waals surface area contributed by atoms with Crippen LogP contribution in [0.3, 0.4) is 0 Å². The van der Waals surface area contributed by atoms with Crippen molar-refractivity contribution in [3.8, 4) is 22.6 Å². The maximum Gasteiger partial charge on any atom is 0.534 e. The molecule has 8 nitrogen and oxygen atoms in total. The van der Waals surface area contributed by atoms with Gasteiger partial charge in [-0.1, -0.05) is 54.6 Å². The van der Waals surface area contributed by atoms with Gasteiger partial charge in [0.1, 0.15) is 0 Å². The monoisotopic (exact) mass is 636 g/mol. The topological polar surface area (TPSA) is 113 Å². The van der Waals surface area contributed by atoms with Crippen LogP contribution in [0.25, 0.3) is 32.7 Å². The average molecular weight is 637 g/mol. The highest BCUT2D eigenvalue weighted by Gasteiger charge is 2.50. The summed E-state index contributed by atoms with van der Waals surface area (Å²) in [5, 5.41) is 0.503. The van der Waals surface area contributed by atoms with Crippen molar-refractivity contribution in [1.29, 1.82) is 0 Å². The fourth-order valence-electron chi connectivity index (χ4n) is 4.10. The molecular formula is C26H18F6O8S2. The molecule has 0 radical (unpaired) electrons. The molecule has 0 heterocycles. The summed E-state index contributed by atoms with van der Waals surface area (Å²) >= 11 is 0. The van der Waals surface area contributed by atoms with Gasteiger partial charge in [0, 0.05) is 17.5 Å². The number of fused-ring (bicyclic) bond motifs is 2. The Balaban J connectivity index is 2.07. The highest BCUT2D eigenvalue weighted by Crippen LogP contribution is 2.47. The zero-order valence-corrected chi connectivity index (χ0v) is 22.7. The fraction of sp³-hybridized carbons (Fsp3) is 0.192. The van der Waals surface area contributed by atoms with Gasteiger partial charge >= 0.3 is 37.2 Å². The van der Waals surface area contributed by atoms with E-state index in [1.807, 2.05) is 0 Å². The summed E-state index contributed by atoms with van der Waals surface area (Å²) in [6.45, 7) is 0. The Morgan fingerprint density at radius 1 is 0.690 bits per heavy atom. The van der Waals surface area contributed by atoms with Crippen LogP contribution in [0.4, 0.5) is 26.3 Å². The molecule has 0 atom stereocenters. The Morgan fingerprint density at radius 3 is 1.71 bits per heavy atom. The minimum Gasteiger partial charge on any atom is -0.469 e. The van der Waals surface area contributed by atoms with Crippen LogP contribution in [0.15, 0.2) is 66.7 Å². The third-order valence-electron chi connectivity index (χ3n) is 6.00. The summed E-state index contributed by atoms with van der Waals surface area (Å²) in [4.78, 5) is 11.6. The van der Waals surface area contributed by atoms with Crippen LogP contribution < -0.4 is 8.37 Å². The van der Waals surface area contributed by atoms with Gasteiger partial charge in [0.05, 0.1) is 7.11 Å². The molecule has 0 amide bonds. The minimum absolute atomic E-state index is 0.00361. The molecule has 0 saturated carbocycles. The standard InChI is InChI=1S/C26H18F6O8S2/c1-38-22(33)13-7-15-6-10-19-17(14-15)9-12-21(40-42(36,37)26(30,31)32)24(19)23-18-5-3-2-4-16(18)8-11-20(23)39-41(34,35)25(27,28)29/h2-6,8-12,14H,7,13H2,1H3. The first kappa shape index (κ1) is 30.9. The molecule has 0 aliphatic rings. The molecule has 0 N–H and O–H groups in total. The molecule has 224 valence electrons. The van der Waals surface area contributed by atoms with Crippen molar-refractivity contribution < 1.29 is 61.1 Å². The van der Waals surface area contributed by atoms with Crippen molar-refractivity contribution in [1.82, 2.24) is 0 Å².